The minimum absolute atomic E-state index is 0.198. The molecule has 5 rings (SSSR count). The molecule has 3 aromatic rings. The average Bonchev–Trinajstić information content (AvgIpc) is 3.44. The Morgan fingerprint density at radius 2 is 1.77 bits per heavy atom. The second kappa shape index (κ2) is 8.21. The standard InChI is InChI=1S/C21H20N4O4S/c26-20(23-15-3-6-17-18(11-15)29-13-28-17)19-12-22-21(30-19)24-14-1-4-16(5-2-14)25-7-9-27-10-8-25/h1-6,11-12H,7-10,13H2,(H,22,24)(H,23,26). The molecule has 0 atom stereocenters. The quantitative estimate of drug-likeness (QED) is 0.646. The topological polar surface area (TPSA) is 85.0 Å². The zero-order valence-electron chi connectivity index (χ0n) is 16.1. The number of aromatic nitrogens is 1. The Morgan fingerprint density at radius 3 is 2.60 bits per heavy atom. The van der Waals surface area contributed by atoms with E-state index in [1.807, 2.05) is 12.1 Å². The molecule has 0 aliphatic carbocycles. The van der Waals surface area contributed by atoms with Crippen molar-refractivity contribution in [3.05, 3.63) is 53.5 Å². The largest absolute Gasteiger partial charge is 0.454 e. The van der Waals surface area contributed by atoms with Crippen molar-refractivity contribution in [3.8, 4) is 11.5 Å². The maximum atomic E-state index is 12.5. The molecular formula is C21H20N4O4S. The molecule has 1 amide bonds. The van der Waals surface area contributed by atoms with Crippen LogP contribution in [0.4, 0.5) is 22.2 Å². The molecule has 2 N–H and O–H groups in total. The molecule has 0 spiro atoms. The zero-order chi connectivity index (χ0) is 20.3. The lowest BCUT2D eigenvalue weighted by Crippen LogP contribution is -2.36. The summed E-state index contributed by atoms with van der Waals surface area (Å²) in [6.45, 7) is 3.53. The second-order valence-electron chi connectivity index (χ2n) is 6.82. The maximum absolute atomic E-state index is 12.5. The number of rotatable bonds is 5. The minimum Gasteiger partial charge on any atom is -0.454 e. The highest BCUT2D eigenvalue weighted by Gasteiger charge is 2.16. The van der Waals surface area contributed by atoms with E-state index in [1.54, 1.807) is 24.4 Å². The van der Waals surface area contributed by atoms with Crippen LogP contribution in [0, 0.1) is 0 Å². The maximum Gasteiger partial charge on any atom is 0.267 e. The molecule has 30 heavy (non-hydrogen) atoms. The van der Waals surface area contributed by atoms with Crippen LogP contribution in [0.25, 0.3) is 0 Å². The molecular weight excluding hydrogens is 404 g/mol. The van der Waals surface area contributed by atoms with Crippen LogP contribution < -0.4 is 25.0 Å². The highest BCUT2D eigenvalue weighted by atomic mass is 32.1. The number of nitrogens with one attached hydrogen (secondary N) is 2. The summed E-state index contributed by atoms with van der Waals surface area (Å²) in [5, 5.41) is 6.77. The number of fused-ring (bicyclic) bond motifs is 1. The average molecular weight is 424 g/mol. The summed E-state index contributed by atoms with van der Waals surface area (Å²) in [6, 6.07) is 13.5. The third kappa shape index (κ3) is 4.03. The predicted molar refractivity (Wildman–Crippen MR) is 115 cm³/mol. The molecule has 8 nitrogen and oxygen atoms in total. The van der Waals surface area contributed by atoms with Crippen molar-refractivity contribution in [2.75, 3.05) is 48.6 Å². The van der Waals surface area contributed by atoms with Crippen LogP contribution in [0.3, 0.4) is 0 Å². The van der Waals surface area contributed by atoms with Crippen LogP contribution in [-0.2, 0) is 4.74 Å². The Labute approximate surface area is 177 Å². The number of ether oxygens (including phenoxy) is 3. The van der Waals surface area contributed by atoms with E-state index < -0.39 is 0 Å². The fourth-order valence-electron chi connectivity index (χ4n) is 3.30. The predicted octanol–water partition coefficient (Wildman–Crippen LogP) is 3.70. The summed E-state index contributed by atoms with van der Waals surface area (Å²) in [4.78, 5) is 19.7. The molecule has 0 radical (unpaired) electrons. The number of anilines is 4. The second-order valence-corrected chi connectivity index (χ2v) is 7.85. The van der Waals surface area contributed by atoms with Gasteiger partial charge in [0, 0.05) is 36.2 Å². The molecule has 9 heteroatoms. The van der Waals surface area contributed by atoms with E-state index in [4.69, 9.17) is 14.2 Å². The van der Waals surface area contributed by atoms with Gasteiger partial charge in [-0.3, -0.25) is 4.79 Å². The van der Waals surface area contributed by atoms with Gasteiger partial charge in [-0.2, -0.15) is 0 Å². The van der Waals surface area contributed by atoms with Crippen molar-refractivity contribution in [1.29, 1.82) is 0 Å². The molecule has 1 saturated heterocycles. The molecule has 0 saturated carbocycles. The number of morpholine rings is 1. The number of thiazole rings is 1. The van der Waals surface area contributed by atoms with E-state index in [2.05, 4.69) is 32.7 Å². The van der Waals surface area contributed by atoms with Gasteiger partial charge in [0.25, 0.3) is 5.91 Å². The van der Waals surface area contributed by atoms with E-state index in [0.717, 1.165) is 32.0 Å². The first-order valence-corrected chi connectivity index (χ1v) is 10.4. The summed E-state index contributed by atoms with van der Waals surface area (Å²) < 4.78 is 16.0. The van der Waals surface area contributed by atoms with Gasteiger partial charge in [-0.15, -0.1) is 0 Å². The summed E-state index contributed by atoms with van der Waals surface area (Å²) in [6.07, 6.45) is 1.57. The Hall–Kier alpha value is -3.30. The fourth-order valence-corrected chi connectivity index (χ4v) is 4.04. The number of carbonyl (C=O) groups is 1. The number of hydrogen-bond acceptors (Lipinski definition) is 8. The first-order chi connectivity index (χ1) is 14.7. The molecule has 3 heterocycles. The van der Waals surface area contributed by atoms with Crippen molar-refractivity contribution < 1.29 is 19.0 Å². The number of nitrogens with zero attached hydrogens (tertiary/aromatic N) is 2. The molecule has 1 aromatic heterocycles. The fraction of sp³-hybridized carbons (Fsp3) is 0.238. The smallest absolute Gasteiger partial charge is 0.267 e. The van der Waals surface area contributed by atoms with Gasteiger partial charge >= 0.3 is 0 Å². The van der Waals surface area contributed by atoms with Crippen molar-refractivity contribution in [3.63, 3.8) is 0 Å². The number of carbonyl (C=O) groups excluding carboxylic acids is 1. The summed E-state index contributed by atoms with van der Waals surface area (Å²) in [5.41, 5.74) is 2.74. The van der Waals surface area contributed by atoms with Crippen LogP contribution in [0.5, 0.6) is 11.5 Å². The van der Waals surface area contributed by atoms with Crippen LogP contribution in [0.2, 0.25) is 0 Å². The highest BCUT2D eigenvalue weighted by Crippen LogP contribution is 2.34. The van der Waals surface area contributed by atoms with Crippen LogP contribution in [-0.4, -0.2) is 44.0 Å². The van der Waals surface area contributed by atoms with Gasteiger partial charge in [-0.05, 0) is 36.4 Å². The summed E-state index contributed by atoms with van der Waals surface area (Å²) in [7, 11) is 0. The van der Waals surface area contributed by atoms with Gasteiger partial charge in [-0.25, -0.2) is 4.98 Å². The zero-order valence-corrected chi connectivity index (χ0v) is 16.9. The third-order valence-corrected chi connectivity index (χ3v) is 5.77. The van der Waals surface area contributed by atoms with Gasteiger partial charge in [0.1, 0.15) is 4.88 Å². The Balaban J connectivity index is 1.21. The third-order valence-electron chi connectivity index (χ3n) is 4.85. The van der Waals surface area contributed by atoms with Crippen molar-refractivity contribution in [2.45, 2.75) is 0 Å². The molecule has 0 bridgehead atoms. The molecule has 2 aromatic carbocycles. The van der Waals surface area contributed by atoms with Gasteiger partial charge in [0.05, 0.1) is 19.4 Å². The van der Waals surface area contributed by atoms with E-state index in [9.17, 15) is 4.79 Å². The first kappa shape index (κ1) is 18.7. The van der Waals surface area contributed by atoms with Crippen molar-refractivity contribution >= 4 is 39.4 Å². The van der Waals surface area contributed by atoms with E-state index in [0.29, 0.717) is 27.2 Å². The molecule has 154 valence electrons. The first-order valence-electron chi connectivity index (χ1n) is 9.61. The normalized spacial score (nSPS) is 15.1. The van der Waals surface area contributed by atoms with Gasteiger partial charge in [0.15, 0.2) is 16.6 Å². The Kier molecular flexibility index (Phi) is 5.12. The summed E-state index contributed by atoms with van der Waals surface area (Å²) in [5.74, 6) is 1.08. The van der Waals surface area contributed by atoms with Crippen LogP contribution in [0.1, 0.15) is 9.67 Å². The lowest BCUT2D eigenvalue weighted by atomic mass is 10.2. The number of benzene rings is 2. The molecule has 0 unspecified atom stereocenters. The highest BCUT2D eigenvalue weighted by molar-refractivity contribution is 7.17. The van der Waals surface area contributed by atoms with Gasteiger partial charge < -0.3 is 29.7 Å². The number of amides is 1. The van der Waals surface area contributed by atoms with E-state index in [-0.39, 0.29) is 12.7 Å². The van der Waals surface area contributed by atoms with Crippen molar-refractivity contribution in [1.82, 2.24) is 4.98 Å². The lowest BCUT2D eigenvalue weighted by molar-refractivity contribution is 0.103. The van der Waals surface area contributed by atoms with E-state index >= 15 is 0 Å². The van der Waals surface area contributed by atoms with Crippen molar-refractivity contribution in [2.24, 2.45) is 0 Å². The number of hydrogen-bond donors (Lipinski definition) is 2. The Morgan fingerprint density at radius 1 is 1.00 bits per heavy atom. The summed E-state index contributed by atoms with van der Waals surface area (Å²) >= 11 is 1.30. The molecule has 2 aliphatic rings. The van der Waals surface area contributed by atoms with E-state index in [1.165, 1.54) is 17.0 Å². The molecule has 1 fully saturated rings. The molecule has 2 aliphatic heterocycles. The monoisotopic (exact) mass is 424 g/mol. The minimum atomic E-state index is -0.220. The van der Waals surface area contributed by atoms with Gasteiger partial charge in [-0.1, -0.05) is 11.3 Å². The van der Waals surface area contributed by atoms with Crippen LogP contribution in [0.15, 0.2) is 48.7 Å². The Bertz CT molecular complexity index is 1050. The van der Waals surface area contributed by atoms with Crippen LogP contribution >= 0.6 is 11.3 Å². The lowest BCUT2D eigenvalue weighted by Gasteiger charge is -2.28. The van der Waals surface area contributed by atoms with Gasteiger partial charge in [0.2, 0.25) is 6.79 Å². The SMILES string of the molecule is O=C(Nc1ccc2c(c1)OCO2)c1cnc(Nc2ccc(N3CCOCC3)cc2)s1.